The Kier molecular flexibility index (Phi) is 9.95. The summed E-state index contributed by atoms with van der Waals surface area (Å²) < 4.78 is 41.1. The summed E-state index contributed by atoms with van der Waals surface area (Å²) in [7, 11) is 1.64. The Morgan fingerprint density at radius 2 is 1.35 bits per heavy atom. The van der Waals surface area contributed by atoms with Gasteiger partial charge in [0.15, 0.2) is 17.1 Å². The molecule has 1 N–H and O–H groups in total. The lowest BCUT2D eigenvalue weighted by Gasteiger charge is -2.15. The molecular formula is C28H33N5O7. The third kappa shape index (κ3) is 7.57. The van der Waals surface area contributed by atoms with Crippen molar-refractivity contribution in [3.05, 3.63) is 54.9 Å². The summed E-state index contributed by atoms with van der Waals surface area (Å²) in [6.45, 7) is 4.57. The highest BCUT2D eigenvalue weighted by atomic mass is 16.6. The standard InChI is InChI=1S/C28H33N5O7/c1-34-24-5-3-23(4-6-24)33-27-21(20-30-33)19-29-28(32-27)31-22-2-7-25-26(18-22)40-17-15-38-13-11-36-9-8-35-10-12-37-14-16-39-25/h2-7,18-20H,8-17H2,1H3,(H,29,31,32). The fourth-order valence-electron chi connectivity index (χ4n) is 3.92. The predicted molar refractivity (Wildman–Crippen MR) is 147 cm³/mol. The van der Waals surface area contributed by atoms with Gasteiger partial charge in [-0.05, 0) is 36.4 Å². The molecule has 40 heavy (non-hydrogen) atoms. The topological polar surface area (TPSA) is 120 Å². The molecule has 1 aliphatic heterocycles. The predicted octanol–water partition coefficient (Wildman–Crippen LogP) is 3.41. The molecule has 212 valence electrons. The maximum atomic E-state index is 6.01. The lowest BCUT2D eigenvalue weighted by atomic mass is 10.2. The summed E-state index contributed by atoms with van der Waals surface area (Å²) in [5.74, 6) is 2.36. The molecular weight excluding hydrogens is 518 g/mol. The highest BCUT2D eigenvalue weighted by Gasteiger charge is 2.12. The number of hydrogen-bond donors (Lipinski definition) is 1. The molecule has 0 fully saturated rings. The Labute approximate surface area is 232 Å². The molecule has 2 aromatic carbocycles. The van der Waals surface area contributed by atoms with Crippen LogP contribution in [0.4, 0.5) is 11.6 Å². The Balaban J connectivity index is 1.29. The normalized spacial score (nSPS) is 16.1. The number of nitrogens with zero attached hydrogens (tertiary/aromatic N) is 4. The number of benzene rings is 2. The first-order valence-electron chi connectivity index (χ1n) is 13.1. The summed E-state index contributed by atoms with van der Waals surface area (Å²) in [5.41, 5.74) is 2.27. The molecule has 0 bridgehead atoms. The van der Waals surface area contributed by atoms with Gasteiger partial charge in [-0.2, -0.15) is 10.1 Å². The molecule has 0 radical (unpaired) electrons. The van der Waals surface area contributed by atoms with Crippen molar-refractivity contribution in [3.63, 3.8) is 0 Å². The van der Waals surface area contributed by atoms with E-state index in [1.165, 1.54) is 0 Å². The van der Waals surface area contributed by atoms with E-state index in [1.54, 1.807) is 24.2 Å². The summed E-state index contributed by atoms with van der Waals surface area (Å²) in [6, 6.07) is 13.2. The molecule has 0 spiro atoms. The fourth-order valence-corrected chi connectivity index (χ4v) is 3.92. The molecule has 0 unspecified atom stereocenters. The average molecular weight is 552 g/mol. The minimum Gasteiger partial charge on any atom is -0.497 e. The number of rotatable bonds is 4. The summed E-state index contributed by atoms with van der Waals surface area (Å²) in [6.07, 6.45) is 3.47. The molecule has 1 aliphatic rings. The van der Waals surface area contributed by atoms with Gasteiger partial charge in [-0.15, -0.1) is 0 Å². The summed E-state index contributed by atoms with van der Waals surface area (Å²) in [5, 5.41) is 8.56. The first kappa shape index (κ1) is 27.6. The second kappa shape index (κ2) is 14.4. The van der Waals surface area contributed by atoms with Gasteiger partial charge in [0.05, 0.1) is 77.2 Å². The lowest BCUT2D eigenvalue weighted by Crippen LogP contribution is -2.16. The highest BCUT2D eigenvalue weighted by Crippen LogP contribution is 2.32. The van der Waals surface area contributed by atoms with Crippen LogP contribution in [0.3, 0.4) is 0 Å². The number of nitrogens with one attached hydrogen (secondary N) is 1. The molecule has 0 saturated heterocycles. The molecule has 0 amide bonds. The van der Waals surface area contributed by atoms with Crippen LogP contribution in [0.25, 0.3) is 16.7 Å². The largest absolute Gasteiger partial charge is 0.497 e. The van der Waals surface area contributed by atoms with Crippen molar-refractivity contribution in [2.45, 2.75) is 0 Å². The summed E-state index contributed by atoms with van der Waals surface area (Å²) in [4.78, 5) is 9.17. The van der Waals surface area contributed by atoms with Crippen molar-refractivity contribution < 1.29 is 33.2 Å². The number of methoxy groups -OCH3 is 1. The second-order valence-electron chi connectivity index (χ2n) is 8.66. The molecule has 5 rings (SSSR count). The highest BCUT2D eigenvalue weighted by molar-refractivity contribution is 5.77. The zero-order valence-corrected chi connectivity index (χ0v) is 22.4. The van der Waals surface area contributed by atoms with Crippen LogP contribution in [-0.2, 0) is 18.9 Å². The third-order valence-electron chi connectivity index (χ3n) is 5.91. The maximum absolute atomic E-state index is 6.01. The van der Waals surface area contributed by atoms with E-state index in [0.29, 0.717) is 89.2 Å². The van der Waals surface area contributed by atoms with Crippen LogP contribution < -0.4 is 19.5 Å². The number of ether oxygens (including phenoxy) is 7. The molecule has 4 aromatic rings. The average Bonchev–Trinajstić information content (AvgIpc) is 3.40. The monoisotopic (exact) mass is 551 g/mol. The third-order valence-corrected chi connectivity index (χ3v) is 5.91. The van der Waals surface area contributed by atoms with Crippen molar-refractivity contribution in [2.24, 2.45) is 0 Å². The number of anilines is 2. The number of hydrogen-bond acceptors (Lipinski definition) is 11. The van der Waals surface area contributed by atoms with Crippen molar-refractivity contribution in [3.8, 4) is 22.9 Å². The van der Waals surface area contributed by atoms with E-state index in [-0.39, 0.29) is 0 Å². The molecule has 12 heteroatoms. The van der Waals surface area contributed by atoms with Gasteiger partial charge in [-0.25, -0.2) is 9.67 Å². The number of aromatic nitrogens is 4. The molecule has 12 nitrogen and oxygen atoms in total. The zero-order chi connectivity index (χ0) is 27.4. The zero-order valence-electron chi connectivity index (χ0n) is 22.4. The second-order valence-corrected chi connectivity index (χ2v) is 8.66. The Hall–Kier alpha value is -3.97. The van der Waals surface area contributed by atoms with Gasteiger partial charge in [0, 0.05) is 18.0 Å². The lowest BCUT2D eigenvalue weighted by molar-refractivity contribution is -0.00841. The van der Waals surface area contributed by atoms with Crippen molar-refractivity contribution in [1.29, 1.82) is 0 Å². The SMILES string of the molecule is COc1ccc(-n2ncc3cnc(Nc4ccc5c(c4)OCCOCCOCCOCCOCCO5)nc32)cc1. The summed E-state index contributed by atoms with van der Waals surface area (Å²) >= 11 is 0. The minimum atomic E-state index is 0.350. The first-order chi connectivity index (χ1) is 19.8. The van der Waals surface area contributed by atoms with Gasteiger partial charge >= 0.3 is 0 Å². The first-order valence-corrected chi connectivity index (χ1v) is 13.1. The van der Waals surface area contributed by atoms with E-state index in [4.69, 9.17) is 38.1 Å². The van der Waals surface area contributed by atoms with E-state index in [0.717, 1.165) is 22.5 Å². The quantitative estimate of drug-likeness (QED) is 0.402. The molecule has 2 aromatic heterocycles. The van der Waals surface area contributed by atoms with E-state index < -0.39 is 0 Å². The van der Waals surface area contributed by atoms with Crippen LogP contribution in [0.15, 0.2) is 54.9 Å². The van der Waals surface area contributed by atoms with Gasteiger partial charge in [0.2, 0.25) is 5.95 Å². The minimum absolute atomic E-state index is 0.350. The fraction of sp³-hybridized carbons (Fsp3) is 0.393. The van der Waals surface area contributed by atoms with E-state index in [1.807, 2.05) is 42.5 Å². The van der Waals surface area contributed by atoms with Gasteiger partial charge in [0.1, 0.15) is 19.0 Å². The van der Waals surface area contributed by atoms with Crippen LogP contribution in [0, 0.1) is 0 Å². The molecule has 0 atom stereocenters. The van der Waals surface area contributed by atoms with Gasteiger partial charge in [0.25, 0.3) is 0 Å². The van der Waals surface area contributed by atoms with Crippen molar-refractivity contribution in [1.82, 2.24) is 19.7 Å². The van der Waals surface area contributed by atoms with Gasteiger partial charge < -0.3 is 38.5 Å². The maximum Gasteiger partial charge on any atom is 0.229 e. The molecule has 3 heterocycles. The molecule has 0 saturated carbocycles. The van der Waals surface area contributed by atoms with Crippen molar-refractivity contribution >= 4 is 22.7 Å². The Bertz CT molecular complexity index is 1350. The van der Waals surface area contributed by atoms with Crippen LogP contribution in [0.2, 0.25) is 0 Å². The molecule has 0 aliphatic carbocycles. The Morgan fingerprint density at radius 3 is 2.00 bits per heavy atom. The van der Waals surface area contributed by atoms with Crippen LogP contribution in [0.5, 0.6) is 17.2 Å². The Morgan fingerprint density at radius 1 is 0.725 bits per heavy atom. The van der Waals surface area contributed by atoms with E-state index >= 15 is 0 Å². The van der Waals surface area contributed by atoms with Crippen LogP contribution in [0.1, 0.15) is 0 Å². The smallest absolute Gasteiger partial charge is 0.229 e. The van der Waals surface area contributed by atoms with Crippen molar-refractivity contribution in [2.75, 3.05) is 78.5 Å². The van der Waals surface area contributed by atoms with Crippen LogP contribution in [-0.4, -0.2) is 92.9 Å². The van der Waals surface area contributed by atoms with Gasteiger partial charge in [-0.3, -0.25) is 0 Å². The number of fused-ring (bicyclic) bond motifs is 2. The van der Waals surface area contributed by atoms with Gasteiger partial charge in [-0.1, -0.05) is 0 Å². The van der Waals surface area contributed by atoms with E-state index in [2.05, 4.69) is 15.4 Å². The van der Waals surface area contributed by atoms with Crippen LogP contribution >= 0.6 is 0 Å². The van der Waals surface area contributed by atoms with E-state index in [9.17, 15) is 0 Å².